The average Bonchev–Trinajstić information content (AvgIpc) is 2.40. The van der Waals surface area contributed by atoms with Crippen molar-refractivity contribution in [3.63, 3.8) is 0 Å². The third kappa shape index (κ3) is 24.0. The van der Waals surface area contributed by atoms with Crippen LogP contribution in [0.4, 0.5) is 0 Å². The van der Waals surface area contributed by atoms with Gasteiger partial charge in [-0.05, 0) is 13.8 Å². The van der Waals surface area contributed by atoms with E-state index in [0.29, 0.717) is 0 Å². The van der Waals surface area contributed by atoms with Crippen molar-refractivity contribution in [1.82, 2.24) is 0 Å². The van der Waals surface area contributed by atoms with Gasteiger partial charge in [-0.1, -0.05) is 0 Å². The summed E-state index contributed by atoms with van der Waals surface area (Å²) in [7, 11) is 0. The Morgan fingerprint density at radius 2 is 1.21 bits per heavy atom. The molecule has 0 amide bonds. The number of hydrogen-bond acceptors (Lipinski definition) is 1. The maximum atomic E-state index is 4.83. The van der Waals surface area contributed by atoms with Crippen molar-refractivity contribution in [1.29, 1.82) is 0 Å². The second-order valence-corrected chi connectivity index (χ2v) is 5.59. The Kier molecular flexibility index (Phi) is 24.0. The average molecular weight is 264 g/mol. The van der Waals surface area contributed by atoms with E-state index in [1.807, 2.05) is 13.8 Å². The molecule has 0 aromatic heterocycles. The third-order valence-electron chi connectivity index (χ3n) is 3.49. The molecule has 0 saturated carbocycles. The van der Waals surface area contributed by atoms with E-state index < -0.39 is 0 Å². The molecule has 1 atom stereocenters. The molecule has 0 radical (unpaired) electrons. The Labute approximate surface area is 132 Å². The molecule has 0 aromatic carbocycles. The van der Waals surface area contributed by atoms with Crippen LogP contribution >= 0.6 is 0 Å². The molecule has 19 heavy (non-hydrogen) atoms. The summed E-state index contributed by atoms with van der Waals surface area (Å²) in [6, 6.07) is 0. The van der Waals surface area contributed by atoms with Gasteiger partial charge in [0, 0.05) is 13.2 Å². The topological polar surface area (TPSA) is 9.23 Å². The second kappa shape index (κ2) is 20.9. The predicted octanol–water partition coefficient (Wildman–Crippen LogP) is 5.93. The maximum absolute atomic E-state index is 4.83. The number of unbranched alkanes of at least 4 members (excludes halogenated alkanes) is 6. The molecule has 0 spiro atoms. The van der Waals surface area contributed by atoms with Crippen LogP contribution in [0, 0.1) is 0 Å². The zero-order valence-corrected chi connectivity index (χ0v) is 14.5. The van der Waals surface area contributed by atoms with Gasteiger partial charge in [-0.25, -0.2) is 0 Å². The molecule has 0 N–H and O–H groups in total. The molecular weight excluding hydrogens is 227 g/mol. The van der Waals surface area contributed by atoms with E-state index in [9.17, 15) is 0 Å². The van der Waals surface area contributed by atoms with Gasteiger partial charge < -0.3 is 4.74 Å². The summed E-state index contributed by atoms with van der Waals surface area (Å²) < 4.78 is 5.80. The van der Waals surface area contributed by atoms with E-state index in [-0.39, 0.29) is 0 Å². The van der Waals surface area contributed by atoms with Gasteiger partial charge in [-0.3, -0.25) is 0 Å². The first kappa shape index (κ1) is 21.8. The van der Waals surface area contributed by atoms with Crippen molar-refractivity contribution < 1.29 is 4.74 Å². The van der Waals surface area contributed by atoms with Gasteiger partial charge in [0.1, 0.15) is 0 Å². The van der Waals surface area contributed by atoms with E-state index >= 15 is 0 Å². The SMILES string of the molecule is CCOCC.[Li][CH](CCC)CCCCCCCCC. The third-order valence-corrected chi connectivity index (χ3v) is 3.49. The molecule has 1 unspecified atom stereocenters. The fourth-order valence-electron chi connectivity index (χ4n) is 2.29. The van der Waals surface area contributed by atoms with E-state index in [1.165, 1.54) is 64.2 Å². The molecule has 0 aliphatic heterocycles. The first-order valence-corrected chi connectivity index (χ1v) is 8.80. The van der Waals surface area contributed by atoms with Gasteiger partial charge in [-0.15, -0.1) is 0 Å². The molecule has 0 fully saturated rings. The molecule has 0 rings (SSSR count). The minimum atomic E-state index is 0.844. The van der Waals surface area contributed by atoms with Gasteiger partial charge in [0.2, 0.25) is 0 Å². The molecular formula is C17H37LiO. The van der Waals surface area contributed by atoms with Crippen molar-refractivity contribution in [2.75, 3.05) is 13.2 Å². The van der Waals surface area contributed by atoms with Crippen LogP contribution in [0.25, 0.3) is 0 Å². The monoisotopic (exact) mass is 264 g/mol. The molecule has 0 bridgehead atoms. The number of hydrogen-bond donors (Lipinski definition) is 0. The van der Waals surface area contributed by atoms with E-state index in [0.717, 1.165) is 17.8 Å². The van der Waals surface area contributed by atoms with Crippen LogP contribution < -0.4 is 0 Å². The minimum absolute atomic E-state index is 0.844. The Morgan fingerprint density at radius 1 is 0.684 bits per heavy atom. The Balaban J connectivity index is 0. The summed E-state index contributed by atoms with van der Waals surface area (Å²) in [5, 5.41) is 0. The molecule has 0 aliphatic rings. The fourth-order valence-corrected chi connectivity index (χ4v) is 2.29. The van der Waals surface area contributed by atoms with E-state index in [4.69, 9.17) is 4.74 Å². The number of rotatable bonds is 12. The number of ether oxygens (including phenoxy) is 1. The summed E-state index contributed by atoms with van der Waals surface area (Å²) in [4.78, 5) is 0. The van der Waals surface area contributed by atoms with Gasteiger partial charge in [0.15, 0.2) is 0 Å². The van der Waals surface area contributed by atoms with Crippen LogP contribution in [0.5, 0.6) is 0 Å². The van der Waals surface area contributed by atoms with Crippen LogP contribution in [-0.4, -0.2) is 30.9 Å². The molecule has 0 heterocycles. The molecule has 1 nitrogen and oxygen atoms in total. The van der Waals surface area contributed by atoms with Gasteiger partial charge in [-0.2, -0.15) is 0 Å². The van der Waals surface area contributed by atoms with Crippen LogP contribution in [0.2, 0.25) is 4.59 Å². The van der Waals surface area contributed by atoms with Crippen LogP contribution in [0.1, 0.15) is 91.9 Å². The van der Waals surface area contributed by atoms with Gasteiger partial charge >= 0.3 is 100 Å². The van der Waals surface area contributed by atoms with Gasteiger partial charge in [0.05, 0.1) is 0 Å². The zero-order chi connectivity index (χ0) is 14.8. The molecule has 0 saturated heterocycles. The quantitative estimate of drug-likeness (QED) is 0.314. The summed E-state index contributed by atoms with van der Waals surface area (Å²) in [6.07, 6.45) is 14.4. The summed E-state index contributed by atoms with van der Waals surface area (Å²) in [5.74, 6) is 0. The molecule has 0 aromatic rings. The van der Waals surface area contributed by atoms with Crippen molar-refractivity contribution in [3.05, 3.63) is 0 Å². The first-order valence-electron chi connectivity index (χ1n) is 8.80. The van der Waals surface area contributed by atoms with Crippen LogP contribution in [0.15, 0.2) is 0 Å². The summed E-state index contributed by atoms with van der Waals surface area (Å²) >= 11 is 2.40. The summed E-state index contributed by atoms with van der Waals surface area (Å²) in [5.41, 5.74) is 0. The van der Waals surface area contributed by atoms with Crippen molar-refractivity contribution in [2.45, 2.75) is 96.5 Å². The molecule has 2 heteroatoms. The molecule has 112 valence electrons. The second-order valence-electron chi connectivity index (χ2n) is 5.59. The van der Waals surface area contributed by atoms with Crippen molar-refractivity contribution in [3.8, 4) is 0 Å². The Hall–Kier alpha value is 0.557. The van der Waals surface area contributed by atoms with Crippen LogP contribution in [0.3, 0.4) is 0 Å². The standard InChI is InChI=1S/C13H27.C4H10O.Li/c1-3-5-7-9-11-13-12-10-8-6-4-2;1-3-5-4-2;/h7H,3-6,8-13H2,1-2H3;3-4H2,1-2H3;. The molecule has 0 aliphatic carbocycles. The Bertz CT molecular complexity index is 137. The van der Waals surface area contributed by atoms with Gasteiger partial charge in [0.25, 0.3) is 0 Å². The van der Waals surface area contributed by atoms with Crippen LogP contribution in [-0.2, 0) is 4.74 Å². The normalized spacial score (nSPS) is 11.9. The van der Waals surface area contributed by atoms with E-state index in [1.54, 1.807) is 0 Å². The Morgan fingerprint density at radius 3 is 1.63 bits per heavy atom. The van der Waals surface area contributed by atoms with E-state index in [2.05, 4.69) is 31.6 Å². The fraction of sp³-hybridized carbons (Fsp3) is 1.00. The zero-order valence-electron chi connectivity index (χ0n) is 14.5. The predicted molar refractivity (Wildman–Crippen MR) is 89.2 cm³/mol. The summed E-state index contributed by atoms with van der Waals surface area (Å²) in [6.45, 7) is 10.2. The van der Waals surface area contributed by atoms with Crippen molar-refractivity contribution >= 4 is 17.7 Å². The van der Waals surface area contributed by atoms with Crippen molar-refractivity contribution in [2.24, 2.45) is 0 Å². The first-order chi connectivity index (χ1) is 9.22.